The molecule has 1 aliphatic heterocycles. The van der Waals surface area contributed by atoms with Crippen molar-refractivity contribution >= 4 is 5.91 Å². The van der Waals surface area contributed by atoms with E-state index in [4.69, 9.17) is 9.84 Å². The zero-order valence-corrected chi connectivity index (χ0v) is 9.95. The number of nitrogens with zero attached hydrogens (tertiary/aromatic N) is 1. The van der Waals surface area contributed by atoms with Gasteiger partial charge in [0.15, 0.2) is 0 Å². The first-order chi connectivity index (χ1) is 7.79. The van der Waals surface area contributed by atoms with Crippen LogP contribution in [-0.2, 0) is 9.53 Å². The Morgan fingerprint density at radius 2 is 2.38 bits per heavy atom. The molecule has 0 aliphatic carbocycles. The third-order valence-corrected chi connectivity index (χ3v) is 2.67. The predicted molar refractivity (Wildman–Crippen MR) is 61.2 cm³/mol. The van der Waals surface area contributed by atoms with Gasteiger partial charge in [-0.05, 0) is 6.42 Å². The maximum Gasteiger partial charge on any atom is 0.253 e. The fourth-order valence-electron chi connectivity index (χ4n) is 1.73. The number of unbranched alkanes of at least 4 members (excludes halogenated alkanes) is 1. The molecule has 1 aliphatic rings. The molecule has 1 fully saturated rings. The van der Waals surface area contributed by atoms with E-state index in [0.29, 0.717) is 26.2 Å². The van der Waals surface area contributed by atoms with Crippen LogP contribution in [-0.4, -0.2) is 61.4 Å². The van der Waals surface area contributed by atoms with E-state index >= 15 is 0 Å². The third kappa shape index (κ3) is 4.08. The summed E-state index contributed by atoms with van der Waals surface area (Å²) in [5.41, 5.74) is 0. The fraction of sp³-hybridized carbons (Fsp3) is 0.909. The highest BCUT2D eigenvalue weighted by Gasteiger charge is 2.26. The zero-order chi connectivity index (χ0) is 11.8. The lowest BCUT2D eigenvalue weighted by Gasteiger charge is -2.29. The van der Waals surface area contributed by atoms with Crippen LogP contribution in [0.25, 0.3) is 0 Å². The number of ether oxygens (including phenoxy) is 1. The van der Waals surface area contributed by atoms with Gasteiger partial charge in [-0.1, -0.05) is 13.3 Å². The van der Waals surface area contributed by atoms with E-state index in [1.807, 2.05) is 0 Å². The van der Waals surface area contributed by atoms with Gasteiger partial charge in [-0.3, -0.25) is 4.79 Å². The van der Waals surface area contributed by atoms with Crippen LogP contribution in [0, 0.1) is 0 Å². The van der Waals surface area contributed by atoms with Crippen molar-refractivity contribution in [3.05, 3.63) is 0 Å². The molecule has 0 aromatic carbocycles. The lowest BCUT2D eigenvalue weighted by Crippen LogP contribution is -2.50. The van der Waals surface area contributed by atoms with E-state index in [-0.39, 0.29) is 18.6 Å². The van der Waals surface area contributed by atoms with Gasteiger partial charge >= 0.3 is 0 Å². The van der Waals surface area contributed by atoms with Crippen molar-refractivity contribution in [2.24, 2.45) is 0 Å². The van der Waals surface area contributed by atoms with Crippen LogP contribution in [0.4, 0.5) is 0 Å². The molecule has 16 heavy (non-hydrogen) atoms. The lowest BCUT2D eigenvalue weighted by atomic mass is 10.2. The Bertz CT molecular complexity index is 205. The number of carbonyl (C=O) groups excluding carboxylic acids is 1. The molecule has 1 amide bonds. The highest BCUT2D eigenvalue weighted by molar-refractivity contribution is 5.81. The maximum absolute atomic E-state index is 12.0. The monoisotopic (exact) mass is 230 g/mol. The van der Waals surface area contributed by atoms with Crippen LogP contribution in [0.1, 0.15) is 19.8 Å². The number of nitrogens with one attached hydrogen (secondary N) is 1. The summed E-state index contributed by atoms with van der Waals surface area (Å²) < 4.78 is 5.41. The van der Waals surface area contributed by atoms with Gasteiger partial charge in [0.1, 0.15) is 6.10 Å². The zero-order valence-electron chi connectivity index (χ0n) is 9.95. The number of rotatable bonds is 6. The topological polar surface area (TPSA) is 61.8 Å². The average Bonchev–Trinajstić information content (AvgIpc) is 2.35. The minimum absolute atomic E-state index is 0.00491. The molecule has 1 heterocycles. The summed E-state index contributed by atoms with van der Waals surface area (Å²) in [5.74, 6) is -0.00491. The van der Waals surface area contributed by atoms with Gasteiger partial charge in [-0.25, -0.2) is 0 Å². The number of morpholine rings is 1. The van der Waals surface area contributed by atoms with Crippen molar-refractivity contribution in [1.82, 2.24) is 10.2 Å². The van der Waals surface area contributed by atoms with Gasteiger partial charge in [-0.2, -0.15) is 0 Å². The summed E-state index contributed by atoms with van der Waals surface area (Å²) >= 11 is 0. The smallest absolute Gasteiger partial charge is 0.253 e. The first-order valence-corrected chi connectivity index (χ1v) is 6.01. The SMILES string of the molecule is CCCCN(CCO)C(=O)C1CNCCO1. The largest absolute Gasteiger partial charge is 0.395 e. The summed E-state index contributed by atoms with van der Waals surface area (Å²) in [6, 6.07) is 0. The number of hydrogen-bond acceptors (Lipinski definition) is 4. The Balaban J connectivity index is 2.44. The molecule has 5 heteroatoms. The lowest BCUT2D eigenvalue weighted by molar-refractivity contribution is -0.145. The summed E-state index contributed by atoms with van der Waals surface area (Å²) in [4.78, 5) is 13.7. The molecular formula is C11H22N2O3. The van der Waals surface area contributed by atoms with Crippen LogP contribution in [0.2, 0.25) is 0 Å². The van der Waals surface area contributed by atoms with Crippen molar-refractivity contribution in [3.8, 4) is 0 Å². The van der Waals surface area contributed by atoms with Gasteiger partial charge in [0.05, 0.1) is 13.2 Å². The minimum atomic E-state index is -0.378. The van der Waals surface area contributed by atoms with E-state index in [9.17, 15) is 4.79 Å². The molecule has 1 atom stereocenters. The molecular weight excluding hydrogens is 208 g/mol. The molecule has 1 saturated heterocycles. The number of carbonyl (C=O) groups is 1. The van der Waals surface area contributed by atoms with Gasteiger partial charge in [0, 0.05) is 26.2 Å². The molecule has 0 bridgehead atoms. The number of aliphatic hydroxyl groups excluding tert-OH is 1. The second-order valence-electron chi connectivity index (χ2n) is 3.97. The summed E-state index contributed by atoms with van der Waals surface area (Å²) in [5, 5.41) is 12.1. The summed E-state index contributed by atoms with van der Waals surface area (Å²) in [7, 11) is 0. The predicted octanol–water partition coefficient (Wildman–Crippen LogP) is -0.404. The van der Waals surface area contributed by atoms with E-state index in [0.717, 1.165) is 19.4 Å². The van der Waals surface area contributed by atoms with Crippen LogP contribution in [0.5, 0.6) is 0 Å². The fourth-order valence-corrected chi connectivity index (χ4v) is 1.73. The molecule has 94 valence electrons. The number of amides is 1. The van der Waals surface area contributed by atoms with Crippen molar-refractivity contribution in [1.29, 1.82) is 0 Å². The Kier molecular flexibility index (Phi) is 6.37. The number of hydrogen-bond donors (Lipinski definition) is 2. The second kappa shape index (κ2) is 7.60. The Labute approximate surface area is 96.8 Å². The van der Waals surface area contributed by atoms with E-state index in [1.165, 1.54) is 0 Å². The molecule has 1 rings (SSSR count). The number of aliphatic hydroxyl groups is 1. The molecule has 0 aromatic heterocycles. The van der Waals surface area contributed by atoms with Gasteiger partial charge in [0.2, 0.25) is 0 Å². The molecule has 5 nitrogen and oxygen atoms in total. The van der Waals surface area contributed by atoms with Gasteiger partial charge < -0.3 is 20.1 Å². The average molecular weight is 230 g/mol. The van der Waals surface area contributed by atoms with Crippen LogP contribution >= 0.6 is 0 Å². The highest BCUT2D eigenvalue weighted by Crippen LogP contribution is 2.04. The van der Waals surface area contributed by atoms with E-state index < -0.39 is 0 Å². The summed E-state index contributed by atoms with van der Waals surface area (Å²) in [6.45, 7) is 5.16. The van der Waals surface area contributed by atoms with Crippen LogP contribution in [0.15, 0.2) is 0 Å². The van der Waals surface area contributed by atoms with Crippen molar-refractivity contribution in [3.63, 3.8) is 0 Å². The van der Waals surface area contributed by atoms with E-state index in [1.54, 1.807) is 4.90 Å². The second-order valence-corrected chi connectivity index (χ2v) is 3.97. The minimum Gasteiger partial charge on any atom is -0.395 e. The molecule has 2 N–H and O–H groups in total. The quantitative estimate of drug-likeness (QED) is 0.651. The molecule has 1 unspecified atom stereocenters. The Hall–Kier alpha value is -0.650. The molecule has 0 spiro atoms. The highest BCUT2D eigenvalue weighted by atomic mass is 16.5. The molecule has 0 saturated carbocycles. The third-order valence-electron chi connectivity index (χ3n) is 2.67. The first kappa shape index (κ1) is 13.4. The van der Waals surface area contributed by atoms with Crippen molar-refractivity contribution in [2.75, 3.05) is 39.4 Å². The Morgan fingerprint density at radius 1 is 1.56 bits per heavy atom. The molecule has 0 radical (unpaired) electrons. The maximum atomic E-state index is 12.0. The Morgan fingerprint density at radius 3 is 2.94 bits per heavy atom. The van der Waals surface area contributed by atoms with E-state index in [2.05, 4.69) is 12.2 Å². The normalized spacial score (nSPS) is 20.8. The van der Waals surface area contributed by atoms with Gasteiger partial charge in [0.25, 0.3) is 5.91 Å². The summed E-state index contributed by atoms with van der Waals surface area (Å²) in [6.07, 6.45) is 1.63. The molecule has 0 aromatic rings. The van der Waals surface area contributed by atoms with Crippen molar-refractivity contribution in [2.45, 2.75) is 25.9 Å². The first-order valence-electron chi connectivity index (χ1n) is 6.01. The van der Waals surface area contributed by atoms with Crippen molar-refractivity contribution < 1.29 is 14.6 Å². The van der Waals surface area contributed by atoms with Crippen LogP contribution in [0.3, 0.4) is 0 Å². The van der Waals surface area contributed by atoms with Crippen LogP contribution < -0.4 is 5.32 Å². The standard InChI is InChI=1S/C11H22N2O3/c1-2-3-5-13(6-7-14)11(15)10-9-12-4-8-16-10/h10,12,14H,2-9H2,1H3. The van der Waals surface area contributed by atoms with Gasteiger partial charge in [-0.15, -0.1) is 0 Å².